The molecule has 0 unspecified atom stereocenters. The molecular formula is C12H22N4O2S2. The van der Waals surface area contributed by atoms with Crippen LogP contribution in [0.25, 0.3) is 0 Å². The van der Waals surface area contributed by atoms with Gasteiger partial charge in [0.2, 0.25) is 0 Å². The normalized spacial score (nSPS) is 20.2. The summed E-state index contributed by atoms with van der Waals surface area (Å²) in [6.07, 6.45) is 5.19. The minimum atomic E-state index is -3.48. The Morgan fingerprint density at radius 1 is 1.45 bits per heavy atom. The van der Waals surface area contributed by atoms with Crippen molar-refractivity contribution in [3.8, 4) is 0 Å². The molecule has 0 aromatic carbocycles. The van der Waals surface area contributed by atoms with Crippen molar-refractivity contribution in [1.29, 1.82) is 0 Å². The first kappa shape index (κ1) is 15.8. The van der Waals surface area contributed by atoms with Crippen molar-refractivity contribution in [2.24, 2.45) is 12.8 Å². The third kappa shape index (κ3) is 2.74. The van der Waals surface area contributed by atoms with Crippen LogP contribution >= 0.6 is 11.8 Å². The number of hydrogen-bond donors (Lipinski definition) is 1. The van der Waals surface area contributed by atoms with Crippen LogP contribution in [0, 0.1) is 6.92 Å². The maximum atomic E-state index is 12.6. The van der Waals surface area contributed by atoms with Gasteiger partial charge in [-0.25, -0.2) is 13.4 Å². The Bertz CT molecular complexity index is 549. The Morgan fingerprint density at radius 2 is 2.05 bits per heavy atom. The van der Waals surface area contributed by atoms with E-state index in [0.29, 0.717) is 25.5 Å². The van der Waals surface area contributed by atoms with Gasteiger partial charge in [-0.05, 0) is 26.0 Å². The molecule has 0 radical (unpaired) electrons. The van der Waals surface area contributed by atoms with E-state index in [9.17, 15) is 8.42 Å². The summed E-state index contributed by atoms with van der Waals surface area (Å²) in [6, 6.07) is 0. The lowest BCUT2D eigenvalue weighted by atomic mass is 9.97. The molecule has 0 aliphatic carbocycles. The summed E-state index contributed by atoms with van der Waals surface area (Å²) in [7, 11) is -1.68. The Hall–Kier alpha value is -0.570. The van der Waals surface area contributed by atoms with Crippen molar-refractivity contribution in [3.05, 3.63) is 12.0 Å². The van der Waals surface area contributed by atoms with Crippen LogP contribution in [-0.4, -0.2) is 52.9 Å². The van der Waals surface area contributed by atoms with Crippen LogP contribution in [0.15, 0.2) is 11.2 Å². The average Bonchev–Trinajstić information content (AvgIpc) is 2.79. The molecule has 2 rings (SSSR count). The van der Waals surface area contributed by atoms with Crippen molar-refractivity contribution in [1.82, 2.24) is 13.9 Å². The van der Waals surface area contributed by atoms with Crippen molar-refractivity contribution < 1.29 is 8.42 Å². The Balaban J connectivity index is 2.17. The molecule has 6 nitrogen and oxygen atoms in total. The van der Waals surface area contributed by atoms with Crippen LogP contribution in [0.3, 0.4) is 0 Å². The first-order chi connectivity index (χ1) is 9.34. The SMILES string of the molecule is CSC1(CN)CCN(S(=O)(=O)c2cn(C)c(C)n2)CC1. The van der Waals surface area contributed by atoms with Crippen molar-refractivity contribution in [2.45, 2.75) is 29.5 Å². The van der Waals surface area contributed by atoms with Crippen LogP contribution < -0.4 is 5.73 Å². The largest absolute Gasteiger partial charge is 0.337 e. The number of aromatic nitrogens is 2. The summed E-state index contributed by atoms with van der Waals surface area (Å²) in [6.45, 7) is 3.40. The topological polar surface area (TPSA) is 81.2 Å². The van der Waals surface area contributed by atoms with E-state index < -0.39 is 10.0 Å². The highest BCUT2D eigenvalue weighted by Crippen LogP contribution is 2.35. The number of rotatable bonds is 4. The van der Waals surface area contributed by atoms with Gasteiger partial charge in [0.1, 0.15) is 5.82 Å². The van der Waals surface area contributed by atoms with Crippen LogP contribution in [-0.2, 0) is 17.1 Å². The predicted molar refractivity (Wildman–Crippen MR) is 81.2 cm³/mol. The van der Waals surface area contributed by atoms with E-state index in [1.165, 1.54) is 4.31 Å². The molecular weight excluding hydrogens is 296 g/mol. The van der Waals surface area contributed by atoms with Gasteiger partial charge >= 0.3 is 0 Å². The molecule has 1 saturated heterocycles. The van der Waals surface area contributed by atoms with Crippen molar-refractivity contribution >= 4 is 21.8 Å². The molecule has 2 N–H and O–H groups in total. The summed E-state index contributed by atoms with van der Waals surface area (Å²) in [4.78, 5) is 4.14. The first-order valence-corrected chi connectivity index (χ1v) is 9.26. The van der Waals surface area contributed by atoms with E-state index >= 15 is 0 Å². The zero-order valence-electron chi connectivity index (χ0n) is 12.2. The van der Waals surface area contributed by atoms with E-state index in [1.807, 2.05) is 6.26 Å². The molecule has 2 heterocycles. The van der Waals surface area contributed by atoms with E-state index in [4.69, 9.17) is 5.73 Å². The molecule has 1 aliphatic rings. The maximum absolute atomic E-state index is 12.6. The minimum absolute atomic E-state index is 0.0199. The summed E-state index contributed by atoms with van der Waals surface area (Å²) >= 11 is 1.74. The van der Waals surface area contributed by atoms with E-state index in [-0.39, 0.29) is 9.77 Å². The third-order valence-corrected chi connectivity index (χ3v) is 7.34. The number of nitrogens with two attached hydrogens (primary N) is 1. The molecule has 1 aromatic heterocycles. The van der Waals surface area contributed by atoms with Gasteiger partial charge in [-0.1, -0.05) is 0 Å². The zero-order valence-corrected chi connectivity index (χ0v) is 13.8. The van der Waals surface area contributed by atoms with Crippen LogP contribution in [0.2, 0.25) is 0 Å². The number of imidazole rings is 1. The number of aryl methyl sites for hydroxylation is 2. The predicted octanol–water partition coefficient (Wildman–Crippen LogP) is 0.574. The second-order valence-electron chi connectivity index (χ2n) is 5.23. The third-order valence-electron chi connectivity index (χ3n) is 4.13. The summed E-state index contributed by atoms with van der Waals surface area (Å²) in [5.74, 6) is 0.695. The van der Waals surface area contributed by atoms with Gasteiger partial charge < -0.3 is 10.3 Å². The summed E-state index contributed by atoms with van der Waals surface area (Å²) in [5, 5.41) is 0.141. The maximum Gasteiger partial charge on any atom is 0.262 e. The second kappa shape index (κ2) is 5.67. The Kier molecular flexibility index (Phi) is 4.48. The average molecular weight is 318 g/mol. The van der Waals surface area contributed by atoms with Gasteiger partial charge in [0.25, 0.3) is 10.0 Å². The lowest BCUT2D eigenvalue weighted by Crippen LogP contribution is -2.48. The smallest absolute Gasteiger partial charge is 0.262 e. The molecule has 20 heavy (non-hydrogen) atoms. The molecule has 0 saturated carbocycles. The standard InChI is InChI=1S/C12H22N4O2S2/c1-10-14-11(8-15(10)2)20(17,18)16-6-4-12(9-13,19-3)5-7-16/h8H,4-7,9,13H2,1-3H3. The Morgan fingerprint density at radius 3 is 2.45 bits per heavy atom. The molecule has 0 amide bonds. The van der Waals surface area contributed by atoms with Crippen LogP contribution in [0.4, 0.5) is 0 Å². The van der Waals surface area contributed by atoms with Gasteiger partial charge in [0.15, 0.2) is 5.03 Å². The van der Waals surface area contributed by atoms with E-state index in [1.54, 1.807) is 36.5 Å². The number of thioether (sulfide) groups is 1. The fourth-order valence-corrected chi connectivity index (χ4v) is 4.63. The van der Waals surface area contributed by atoms with Gasteiger partial charge in [-0.3, -0.25) is 0 Å². The Labute approximate surface area is 124 Å². The number of sulfonamides is 1. The lowest BCUT2D eigenvalue weighted by Gasteiger charge is -2.39. The number of hydrogen-bond acceptors (Lipinski definition) is 5. The molecule has 8 heteroatoms. The van der Waals surface area contributed by atoms with E-state index in [0.717, 1.165) is 12.8 Å². The van der Waals surface area contributed by atoms with Gasteiger partial charge in [0, 0.05) is 37.6 Å². The molecule has 114 valence electrons. The van der Waals surface area contributed by atoms with Crippen LogP contribution in [0.1, 0.15) is 18.7 Å². The zero-order chi connectivity index (χ0) is 15.0. The molecule has 1 fully saturated rings. The molecule has 1 aliphatic heterocycles. The number of nitrogens with zero attached hydrogens (tertiary/aromatic N) is 3. The van der Waals surface area contributed by atoms with Gasteiger partial charge in [-0.15, -0.1) is 0 Å². The molecule has 0 spiro atoms. The summed E-state index contributed by atoms with van der Waals surface area (Å²) in [5.41, 5.74) is 5.83. The monoisotopic (exact) mass is 318 g/mol. The van der Waals surface area contributed by atoms with Gasteiger partial charge in [0.05, 0.1) is 0 Å². The highest BCUT2D eigenvalue weighted by Gasteiger charge is 2.38. The lowest BCUT2D eigenvalue weighted by molar-refractivity contribution is 0.301. The highest BCUT2D eigenvalue weighted by molar-refractivity contribution is 8.00. The van der Waals surface area contributed by atoms with Crippen molar-refractivity contribution in [3.63, 3.8) is 0 Å². The molecule has 0 bridgehead atoms. The fourth-order valence-electron chi connectivity index (χ4n) is 2.41. The molecule has 1 aromatic rings. The summed E-state index contributed by atoms with van der Waals surface area (Å²) < 4.78 is 28.4. The minimum Gasteiger partial charge on any atom is -0.337 e. The van der Waals surface area contributed by atoms with Crippen LogP contribution in [0.5, 0.6) is 0 Å². The highest BCUT2D eigenvalue weighted by atomic mass is 32.2. The second-order valence-corrected chi connectivity index (χ2v) is 8.39. The van der Waals surface area contributed by atoms with Crippen molar-refractivity contribution in [2.75, 3.05) is 25.9 Å². The molecule has 0 atom stereocenters. The fraction of sp³-hybridized carbons (Fsp3) is 0.750. The number of piperidine rings is 1. The first-order valence-electron chi connectivity index (χ1n) is 6.60. The quantitative estimate of drug-likeness (QED) is 0.878. The van der Waals surface area contributed by atoms with E-state index in [2.05, 4.69) is 4.98 Å². The van der Waals surface area contributed by atoms with Gasteiger partial charge in [-0.2, -0.15) is 16.1 Å².